The smallest absolute Gasteiger partial charge is 0.257 e. The number of nitrogens with one attached hydrogen (secondary N) is 3. The molecule has 5 rings (SSSR count). The lowest BCUT2D eigenvalue weighted by Gasteiger charge is -2.18. The van der Waals surface area contributed by atoms with Crippen molar-refractivity contribution in [1.29, 1.82) is 0 Å². The van der Waals surface area contributed by atoms with Crippen LogP contribution in [0.5, 0.6) is 11.5 Å². The van der Waals surface area contributed by atoms with Crippen LogP contribution in [0.2, 0.25) is 0 Å². The van der Waals surface area contributed by atoms with Crippen LogP contribution in [0.3, 0.4) is 0 Å². The summed E-state index contributed by atoms with van der Waals surface area (Å²) in [5.41, 5.74) is 2.44. The van der Waals surface area contributed by atoms with E-state index in [4.69, 9.17) is 9.47 Å². The summed E-state index contributed by atoms with van der Waals surface area (Å²) in [5.74, 6) is 0.632. The van der Waals surface area contributed by atoms with Crippen molar-refractivity contribution in [3.05, 3.63) is 106 Å². The molecule has 0 fully saturated rings. The molecule has 1 aliphatic heterocycles. The van der Waals surface area contributed by atoms with Gasteiger partial charge in [-0.25, -0.2) is 0 Å². The number of thiophene rings is 1. The average Bonchev–Trinajstić information content (AvgIpc) is 3.57. The molecule has 1 aromatic heterocycles. The number of anilines is 2. The second-order valence-corrected chi connectivity index (χ2v) is 8.84. The summed E-state index contributed by atoms with van der Waals surface area (Å²) in [6.07, 6.45) is 0. The van der Waals surface area contributed by atoms with Crippen LogP contribution < -0.4 is 25.4 Å². The quantitative estimate of drug-likeness (QED) is 0.325. The normalized spacial score (nSPS) is 12.7. The topological polar surface area (TPSA) is 88.7 Å². The van der Waals surface area contributed by atoms with E-state index in [1.54, 1.807) is 53.8 Å². The molecule has 35 heavy (non-hydrogen) atoms. The third kappa shape index (κ3) is 5.34. The zero-order chi connectivity index (χ0) is 24.0. The van der Waals surface area contributed by atoms with Gasteiger partial charge in [-0.2, -0.15) is 0 Å². The molecule has 3 aromatic carbocycles. The Morgan fingerprint density at radius 3 is 2.49 bits per heavy atom. The highest BCUT2D eigenvalue weighted by atomic mass is 32.1. The minimum atomic E-state index is -0.339. The predicted molar refractivity (Wildman–Crippen MR) is 136 cm³/mol. The van der Waals surface area contributed by atoms with Crippen molar-refractivity contribution in [2.45, 2.75) is 6.04 Å². The van der Waals surface area contributed by atoms with Gasteiger partial charge in [0.25, 0.3) is 5.91 Å². The van der Waals surface area contributed by atoms with Crippen molar-refractivity contribution in [1.82, 2.24) is 5.32 Å². The van der Waals surface area contributed by atoms with E-state index >= 15 is 0 Å². The SMILES string of the molecule is O=C(CN[C@@H](c1ccccc1)c1cccs1)Nc1ccccc1C(=O)Nc1ccc2c(c1)OCO2. The number of carbonyl (C=O) groups is 2. The van der Waals surface area contributed by atoms with Crippen molar-refractivity contribution >= 4 is 34.5 Å². The summed E-state index contributed by atoms with van der Waals surface area (Å²) in [6.45, 7) is 0.239. The van der Waals surface area contributed by atoms with Gasteiger partial charge in [-0.3, -0.25) is 14.9 Å². The Kier molecular flexibility index (Phi) is 6.74. The van der Waals surface area contributed by atoms with Crippen molar-refractivity contribution in [2.75, 3.05) is 24.0 Å². The van der Waals surface area contributed by atoms with Gasteiger partial charge >= 0.3 is 0 Å². The highest BCUT2D eigenvalue weighted by Crippen LogP contribution is 2.34. The fraction of sp³-hybridized carbons (Fsp3) is 0.111. The zero-order valence-corrected chi connectivity index (χ0v) is 19.5. The number of hydrogen-bond donors (Lipinski definition) is 3. The third-order valence-corrected chi connectivity index (χ3v) is 6.44. The number of carbonyl (C=O) groups excluding carboxylic acids is 2. The standard InChI is InChI=1S/C27H23N3O4S/c31-25(16-28-26(24-11-6-14-35-24)18-7-2-1-3-8-18)30-21-10-5-4-9-20(21)27(32)29-19-12-13-22-23(15-19)34-17-33-22/h1-15,26,28H,16-17H2,(H,29,32)(H,30,31)/t26-/m0/s1. The number of benzene rings is 3. The molecule has 1 aliphatic rings. The molecule has 0 saturated heterocycles. The maximum Gasteiger partial charge on any atom is 0.257 e. The molecule has 0 radical (unpaired) electrons. The fourth-order valence-corrected chi connectivity index (χ4v) is 4.66. The summed E-state index contributed by atoms with van der Waals surface area (Å²) >= 11 is 1.63. The summed E-state index contributed by atoms with van der Waals surface area (Å²) in [5, 5.41) is 11.1. The van der Waals surface area contributed by atoms with E-state index in [2.05, 4.69) is 16.0 Å². The first-order chi connectivity index (χ1) is 17.2. The Labute approximate surface area is 206 Å². The van der Waals surface area contributed by atoms with Gasteiger partial charge in [0.2, 0.25) is 12.7 Å². The van der Waals surface area contributed by atoms with Crippen molar-refractivity contribution in [2.24, 2.45) is 0 Å². The average molecular weight is 486 g/mol. The van der Waals surface area contributed by atoms with E-state index in [0.717, 1.165) is 10.4 Å². The molecule has 7 nitrogen and oxygen atoms in total. The Balaban J connectivity index is 1.25. The van der Waals surface area contributed by atoms with Crippen LogP contribution in [0.4, 0.5) is 11.4 Å². The zero-order valence-electron chi connectivity index (χ0n) is 18.7. The van der Waals surface area contributed by atoms with Gasteiger partial charge in [-0.15, -0.1) is 11.3 Å². The molecule has 2 heterocycles. The highest BCUT2D eigenvalue weighted by molar-refractivity contribution is 7.10. The van der Waals surface area contributed by atoms with Gasteiger partial charge in [-0.05, 0) is 41.3 Å². The molecule has 176 valence electrons. The molecule has 0 aliphatic carbocycles. The molecule has 0 saturated carbocycles. The van der Waals surface area contributed by atoms with E-state index in [9.17, 15) is 9.59 Å². The number of hydrogen-bond acceptors (Lipinski definition) is 6. The summed E-state index contributed by atoms with van der Waals surface area (Å²) in [4.78, 5) is 26.9. The molecule has 1 atom stereocenters. The van der Waals surface area contributed by atoms with Crippen LogP contribution in [0.1, 0.15) is 26.8 Å². The first kappa shape index (κ1) is 22.6. The molecule has 4 aromatic rings. The second-order valence-electron chi connectivity index (χ2n) is 7.86. The van der Waals surface area contributed by atoms with Crippen LogP contribution in [0.15, 0.2) is 90.3 Å². The highest BCUT2D eigenvalue weighted by Gasteiger charge is 2.19. The van der Waals surface area contributed by atoms with Crippen molar-refractivity contribution in [3.63, 3.8) is 0 Å². The third-order valence-electron chi connectivity index (χ3n) is 5.50. The molecule has 0 spiro atoms. The molecular formula is C27H23N3O4S. The Bertz CT molecular complexity index is 1330. The van der Waals surface area contributed by atoms with Crippen molar-refractivity contribution in [3.8, 4) is 11.5 Å². The molecular weight excluding hydrogens is 462 g/mol. The van der Waals surface area contributed by atoms with Crippen LogP contribution in [-0.4, -0.2) is 25.2 Å². The number of fused-ring (bicyclic) bond motifs is 1. The lowest BCUT2D eigenvalue weighted by molar-refractivity contribution is -0.115. The van der Waals surface area contributed by atoms with Gasteiger partial charge in [0.1, 0.15) is 0 Å². The van der Waals surface area contributed by atoms with Gasteiger partial charge < -0.3 is 20.1 Å². The lowest BCUT2D eigenvalue weighted by atomic mass is 10.1. The van der Waals surface area contributed by atoms with Gasteiger partial charge in [0, 0.05) is 16.6 Å². The molecule has 2 amide bonds. The van der Waals surface area contributed by atoms with Crippen LogP contribution in [0, 0.1) is 0 Å². The number of amides is 2. The predicted octanol–water partition coefficient (Wildman–Crippen LogP) is 5.05. The van der Waals surface area contributed by atoms with Gasteiger partial charge in [0.15, 0.2) is 11.5 Å². The summed E-state index contributed by atoms with van der Waals surface area (Å²) in [7, 11) is 0. The molecule has 3 N–H and O–H groups in total. The van der Waals surface area contributed by atoms with E-state index in [1.165, 1.54) is 0 Å². The van der Waals surface area contributed by atoms with E-state index in [0.29, 0.717) is 28.4 Å². The maximum absolute atomic E-state index is 13.0. The van der Waals surface area contributed by atoms with E-state index in [-0.39, 0.29) is 31.2 Å². The molecule has 0 unspecified atom stereocenters. The van der Waals surface area contributed by atoms with E-state index in [1.807, 2.05) is 47.8 Å². The first-order valence-electron chi connectivity index (χ1n) is 11.1. The van der Waals surface area contributed by atoms with Crippen LogP contribution in [-0.2, 0) is 4.79 Å². The molecule has 8 heteroatoms. The monoisotopic (exact) mass is 485 g/mol. The first-order valence-corrected chi connectivity index (χ1v) is 12.0. The minimum absolute atomic E-state index is 0.0789. The summed E-state index contributed by atoms with van der Waals surface area (Å²) < 4.78 is 10.7. The minimum Gasteiger partial charge on any atom is -0.454 e. The summed E-state index contributed by atoms with van der Waals surface area (Å²) in [6, 6.07) is 26.0. The Morgan fingerprint density at radius 1 is 0.857 bits per heavy atom. The maximum atomic E-state index is 13.0. The largest absolute Gasteiger partial charge is 0.454 e. The lowest BCUT2D eigenvalue weighted by Crippen LogP contribution is -2.32. The van der Waals surface area contributed by atoms with Crippen molar-refractivity contribution < 1.29 is 19.1 Å². The van der Waals surface area contributed by atoms with E-state index < -0.39 is 0 Å². The van der Waals surface area contributed by atoms with Crippen LogP contribution >= 0.6 is 11.3 Å². The number of ether oxygens (including phenoxy) is 2. The second kappa shape index (κ2) is 10.4. The molecule has 0 bridgehead atoms. The fourth-order valence-electron chi connectivity index (χ4n) is 3.84. The van der Waals surface area contributed by atoms with Gasteiger partial charge in [-0.1, -0.05) is 48.5 Å². The van der Waals surface area contributed by atoms with Gasteiger partial charge in [0.05, 0.1) is 23.8 Å². The number of rotatable bonds is 8. The number of para-hydroxylation sites is 1. The Hall–Kier alpha value is -4.14. The van der Waals surface area contributed by atoms with Crippen LogP contribution in [0.25, 0.3) is 0 Å². The Morgan fingerprint density at radius 2 is 1.66 bits per heavy atom.